The van der Waals surface area contributed by atoms with Crippen molar-refractivity contribution in [2.24, 2.45) is 5.92 Å². The molecule has 4 nitrogen and oxygen atoms in total. The molecule has 0 fully saturated rings. The molecule has 1 aromatic carbocycles. The first-order valence-corrected chi connectivity index (χ1v) is 8.52. The second kappa shape index (κ2) is 8.11. The van der Waals surface area contributed by atoms with Gasteiger partial charge in [-0.2, -0.15) is 0 Å². The Morgan fingerprint density at radius 1 is 1.22 bits per heavy atom. The standard InChI is InChI=1S/C18H22BrN3O/c1-12(2)6-8-21-18(23)17-11-15(7-9-20-17)22-14-5-4-13(3)16(19)10-14/h4-5,7,9-12H,6,8H2,1-3H3,(H,20,22)(H,21,23). The molecule has 2 aromatic rings. The van der Waals surface area contributed by atoms with Gasteiger partial charge in [0.05, 0.1) is 0 Å². The van der Waals surface area contributed by atoms with Crippen LogP contribution >= 0.6 is 15.9 Å². The molecule has 0 aliphatic carbocycles. The number of nitrogens with zero attached hydrogens (tertiary/aromatic N) is 1. The topological polar surface area (TPSA) is 54.0 Å². The van der Waals surface area contributed by atoms with Gasteiger partial charge in [-0.05, 0) is 49.1 Å². The Bertz CT molecular complexity index is 686. The van der Waals surface area contributed by atoms with Crippen molar-refractivity contribution in [2.75, 3.05) is 11.9 Å². The van der Waals surface area contributed by atoms with Crippen molar-refractivity contribution in [3.8, 4) is 0 Å². The molecular weight excluding hydrogens is 354 g/mol. The van der Waals surface area contributed by atoms with Gasteiger partial charge >= 0.3 is 0 Å². The van der Waals surface area contributed by atoms with E-state index in [9.17, 15) is 4.79 Å². The quantitative estimate of drug-likeness (QED) is 0.770. The van der Waals surface area contributed by atoms with E-state index in [2.05, 4.69) is 45.4 Å². The van der Waals surface area contributed by atoms with Crippen LogP contribution in [0.4, 0.5) is 11.4 Å². The van der Waals surface area contributed by atoms with Gasteiger partial charge in [-0.25, -0.2) is 0 Å². The summed E-state index contributed by atoms with van der Waals surface area (Å²) in [7, 11) is 0. The van der Waals surface area contributed by atoms with Gasteiger partial charge in [0.1, 0.15) is 5.69 Å². The summed E-state index contributed by atoms with van der Waals surface area (Å²) in [5, 5.41) is 6.19. The zero-order valence-electron chi connectivity index (χ0n) is 13.7. The predicted molar refractivity (Wildman–Crippen MR) is 98.2 cm³/mol. The molecule has 1 aromatic heterocycles. The molecular formula is C18H22BrN3O. The fraction of sp³-hybridized carbons (Fsp3) is 0.333. The summed E-state index contributed by atoms with van der Waals surface area (Å²) in [6.45, 7) is 6.98. The Morgan fingerprint density at radius 2 is 1.96 bits per heavy atom. The van der Waals surface area contributed by atoms with Gasteiger partial charge in [0, 0.05) is 28.6 Å². The fourth-order valence-electron chi connectivity index (χ4n) is 2.03. The lowest BCUT2D eigenvalue weighted by Gasteiger charge is -2.10. The number of carbonyl (C=O) groups is 1. The molecule has 0 unspecified atom stereocenters. The highest BCUT2D eigenvalue weighted by molar-refractivity contribution is 9.10. The predicted octanol–water partition coefficient (Wildman–Crippen LogP) is 4.67. The molecule has 0 bridgehead atoms. The number of hydrogen-bond donors (Lipinski definition) is 2. The Hall–Kier alpha value is -1.88. The van der Waals surface area contributed by atoms with Crippen molar-refractivity contribution in [1.82, 2.24) is 10.3 Å². The van der Waals surface area contributed by atoms with Gasteiger partial charge in [0.25, 0.3) is 5.91 Å². The normalized spacial score (nSPS) is 10.7. The highest BCUT2D eigenvalue weighted by Crippen LogP contribution is 2.23. The van der Waals surface area contributed by atoms with E-state index in [-0.39, 0.29) is 5.91 Å². The van der Waals surface area contributed by atoms with E-state index in [1.807, 2.05) is 31.2 Å². The SMILES string of the molecule is Cc1ccc(Nc2ccnc(C(=O)NCCC(C)C)c2)cc1Br. The summed E-state index contributed by atoms with van der Waals surface area (Å²) >= 11 is 3.52. The Morgan fingerprint density at radius 3 is 2.65 bits per heavy atom. The number of rotatable bonds is 6. The Labute approximate surface area is 145 Å². The van der Waals surface area contributed by atoms with Crippen molar-refractivity contribution >= 4 is 33.2 Å². The van der Waals surface area contributed by atoms with Crippen molar-refractivity contribution < 1.29 is 4.79 Å². The van der Waals surface area contributed by atoms with Crippen LogP contribution < -0.4 is 10.6 Å². The fourth-order valence-corrected chi connectivity index (χ4v) is 2.41. The lowest BCUT2D eigenvalue weighted by atomic mass is 10.1. The van der Waals surface area contributed by atoms with Crippen LogP contribution in [0.2, 0.25) is 0 Å². The van der Waals surface area contributed by atoms with Gasteiger partial charge in [0.2, 0.25) is 0 Å². The first-order chi connectivity index (χ1) is 11.0. The number of pyridine rings is 1. The molecule has 23 heavy (non-hydrogen) atoms. The number of aryl methyl sites for hydroxylation is 1. The minimum absolute atomic E-state index is 0.139. The van der Waals surface area contributed by atoms with Crippen LogP contribution in [-0.4, -0.2) is 17.4 Å². The molecule has 0 saturated carbocycles. The van der Waals surface area contributed by atoms with Crippen molar-refractivity contribution in [1.29, 1.82) is 0 Å². The highest BCUT2D eigenvalue weighted by atomic mass is 79.9. The van der Waals surface area contributed by atoms with E-state index in [0.29, 0.717) is 18.2 Å². The number of aromatic nitrogens is 1. The van der Waals surface area contributed by atoms with Gasteiger partial charge in [-0.1, -0.05) is 35.8 Å². The van der Waals surface area contributed by atoms with E-state index < -0.39 is 0 Å². The van der Waals surface area contributed by atoms with E-state index in [0.717, 1.165) is 22.3 Å². The van der Waals surface area contributed by atoms with Crippen molar-refractivity contribution in [2.45, 2.75) is 27.2 Å². The van der Waals surface area contributed by atoms with E-state index >= 15 is 0 Å². The van der Waals surface area contributed by atoms with E-state index in [4.69, 9.17) is 0 Å². The molecule has 2 N–H and O–H groups in total. The van der Waals surface area contributed by atoms with Crippen LogP contribution in [0.5, 0.6) is 0 Å². The maximum absolute atomic E-state index is 12.1. The Kier molecular flexibility index (Phi) is 6.16. The zero-order chi connectivity index (χ0) is 16.8. The molecule has 0 atom stereocenters. The van der Waals surface area contributed by atoms with Gasteiger partial charge in [-0.3, -0.25) is 9.78 Å². The third-order valence-electron chi connectivity index (χ3n) is 3.46. The Balaban J connectivity index is 2.04. The minimum atomic E-state index is -0.139. The molecule has 122 valence electrons. The van der Waals surface area contributed by atoms with Gasteiger partial charge in [0.15, 0.2) is 0 Å². The number of hydrogen-bond acceptors (Lipinski definition) is 3. The number of carbonyl (C=O) groups excluding carboxylic acids is 1. The minimum Gasteiger partial charge on any atom is -0.355 e. The van der Waals surface area contributed by atoms with Gasteiger partial charge in [-0.15, -0.1) is 0 Å². The molecule has 0 saturated heterocycles. The summed E-state index contributed by atoms with van der Waals surface area (Å²) in [6.07, 6.45) is 2.60. The van der Waals surface area contributed by atoms with E-state index in [1.165, 1.54) is 5.56 Å². The van der Waals surface area contributed by atoms with Gasteiger partial charge < -0.3 is 10.6 Å². The molecule has 0 aliphatic heterocycles. The number of anilines is 2. The van der Waals surface area contributed by atoms with Crippen LogP contribution in [0.1, 0.15) is 36.3 Å². The molecule has 1 heterocycles. The number of nitrogens with one attached hydrogen (secondary N) is 2. The second-order valence-corrected chi connectivity index (χ2v) is 6.81. The van der Waals surface area contributed by atoms with E-state index in [1.54, 1.807) is 12.3 Å². The molecule has 0 spiro atoms. The van der Waals surface area contributed by atoms with Crippen LogP contribution in [0.25, 0.3) is 0 Å². The molecule has 5 heteroatoms. The monoisotopic (exact) mass is 375 g/mol. The summed E-state index contributed by atoms with van der Waals surface area (Å²) in [6, 6.07) is 9.66. The molecule has 0 radical (unpaired) electrons. The summed E-state index contributed by atoms with van der Waals surface area (Å²) in [5.74, 6) is 0.427. The number of halogens is 1. The van der Waals surface area contributed by atoms with Crippen LogP contribution in [0, 0.1) is 12.8 Å². The zero-order valence-corrected chi connectivity index (χ0v) is 15.3. The highest BCUT2D eigenvalue weighted by Gasteiger charge is 2.08. The number of benzene rings is 1. The third-order valence-corrected chi connectivity index (χ3v) is 4.31. The molecule has 1 amide bonds. The summed E-state index contributed by atoms with van der Waals surface area (Å²) in [5.41, 5.74) is 3.39. The van der Waals surface area contributed by atoms with Crippen LogP contribution in [-0.2, 0) is 0 Å². The first kappa shape index (κ1) is 17.5. The lowest BCUT2D eigenvalue weighted by molar-refractivity contribution is 0.0947. The van der Waals surface area contributed by atoms with Crippen molar-refractivity contribution in [3.63, 3.8) is 0 Å². The third kappa shape index (κ3) is 5.36. The summed E-state index contributed by atoms with van der Waals surface area (Å²) < 4.78 is 1.04. The smallest absolute Gasteiger partial charge is 0.269 e. The maximum Gasteiger partial charge on any atom is 0.269 e. The average Bonchev–Trinajstić information content (AvgIpc) is 2.51. The molecule has 0 aliphatic rings. The van der Waals surface area contributed by atoms with Crippen LogP contribution in [0.15, 0.2) is 41.0 Å². The lowest BCUT2D eigenvalue weighted by Crippen LogP contribution is -2.26. The number of amides is 1. The second-order valence-electron chi connectivity index (χ2n) is 5.96. The summed E-state index contributed by atoms with van der Waals surface area (Å²) in [4.78, 5) is 16.3. The van der Waals surface area contributed by atoms with Crippen LogP contribution in [0.3, 0.4) is 0 Å². The first-order valence-electron chi connectivity index (χ1n) is 7.73. The maximum atomic E-state index is 12.1. The largest absolute Gasteiger partial charge is 0.355 e. The average molecular weight is 376 g/mol. The molecule has 2 rings (SSSR count). The van der Waals surface area contributed by atoms with Crippen molar-refractivity contribution in [3.05, 3.63) is 52.3 Å².